The summed E-state index contributed by atoms with van der Waals surface area (Å²) in [6.07, 6.45) is 2.04. The number of carbonyl (C=O) groups is 1. The van der Waals surface area contributed by atoms with Gasteiger partial charge in [-0.15, -0.1) is 0 Å². The molecular weight excluding hydrogens is 326 g/mol. The molecule has 1 saturated carbocycles. The van der Waals surface area contributed by atoms with Gasteiger partial charge in [0.2, 0.25) is 10.0 Å². The molecule has 0 radical (unpaired) electrons. The Labute approximate surface area is 131 Å². The molecule has 118 valence electrons. The SMILES string of the molecule is O=C(O)C1CCC(NS(=O)(=O)c2cccc3nsnc23)CC1. The van der Waals surface area contributed by atoms with Gasteiger partial charge in [-0.25, -0.2) is 13.1 Å². The van der Waals surface area contributed by atoms with Crippen LogP contribution in [-0.4, -0.2) is 34.3 Å². The Morgan fingerprint density at radius 1 is 1.23 bits per heavy atom. The van der Waals surface area contributed by atoms with Crippen molar-refractivity contribution in [3.63, 3.8) is 0 Å². The fourth-order valence-electron chi connectivity index (χ4n) is 2.74. The minimum absolute atomic E-state index is 0.124. The average Bonchev–Trinajstić information content (AvgIpc) is 2.95. The van der Waals surface area contributed by atoms with E-state index in [9.17, 15) is 13.2 Å². The second kappa shape index (κ2) is 5.90. The Hall–Kier alpha value is -1.58. The summed E-state index contributed by atoms with van der Waals surface area (Å²) in [5.41, 5.74) is 0.932. The zero-order valence-corrected chi connectivity index (χ0v) is 13.2. The number of nitrogens with zero attached hydrogens (tertiary/aromatic N) is 2. The van der Waals surface area contributed by atoms with E-state index in [1.165, 1.54) is 6.07 Å². The fourth-order valence-corrected chi connectivity index (χ4v) is 4.81. The van der Waals surface area contributed by atoms with Gasteiger partial charge in [0.05, 0.1) is 17.6 Å². The number of carboxylic acids is 1. The molecule has 7 nitrogen and oxygen atoms in total. The van der Waals surface area contributed by atoms with Crippen LogP contribution in [0.4, 0.5) is 0 Å². The number of fused-ring (bicyclic) bond motifs is 1. The minimum atomic E-state index is -3.69. The standard InChI is InChI=1S/C13H15N3O4S2/c17-13(18)8-4-6-9(7-5-8)16-22(19,20)11-3-1-2-10-12(11)15-21-14-10/h1-3,8-9,16H,4-7H2,(H,17,18). The van der Waals surface area contributed by atoms with Gasteiger partial charge in [-0.2, -0.15) is 8.75 Å². The summed E-state index contributed by atoms with van der Waals surface area (Å²) >= 11 is 0.975. The summed E-state index contributed by atoms with van der Waals surface area (Å²) in [5, 5.41) is 8.98. The molecule has 1 aromatic carbocycles. The first kappa shape index (κ1) is 15.3. The molecule has 0 saturated heterocycles. The molecule has 1 aromatic heterocycles. The highest BCUT2D eigenvalue weighted by molar-refractivity contribution is 7.89. The summed E-state index contributed by atoms with van der Waals surface area (Å²) in [4.78, 5) is 11.1. The second-order valence-corrected chi connectivity index (χ2v) is 7.61. The average molecular weight is 341 g/mol. The van der Waals surface area contributed by atoms with E-state index in [2.05, 4.69) is 13.5 Å². The first-order valence-electron chi connectivity index (χ1n) is 6.94. The molecule has 1 aliphatic carbocycles. The van der Waals surface area contributed by atoms with Crippen LogP contribution in [0.5, 0.6) is 0 Å². The van der Waals surface area contributed by atoms with E-state index in [4.69, 9.17) is 5.11 Å². The molecular formula is C13H15N3O4S2. The number of rotatable bonds is 4. The van der Waals surface area contributed by atoms with Gasteiger partial charge >= 0.3 is 5.97 Å². The lowest BCUT2D eigenvalue weighted by Crippen LogP contribution is -2.38. The summed E-state index contributed by atoms with van der Waals surface area (Å²) in [7, 11) is -3.69. The molecule has 0 atom stereocenters. The number of aromatic nitrogens is 2. The zero-order chi connectivity index (χ0) is 15.7. The highest BCUT2D eigenvalue weighted by Gasteiger charge is 2.29. The van der Waals surface area contributed by atoms with Crippen LogP contribution < -0.4 is 4.72 Å². The highest BCUT2D eigenvalue weighted by Crippen LogP contribution is 2.27. The van der Waals surface area contributed by atoms with Gasteiger partial charge in [-0.05, 0) is 37.8 Å². The van der Waals surface area contributed by atoms with Gasteiger partial charge in [0.25, 0.3) is 0 Å². The van der Waals surface area contributed by atoms with Crippen molar-refractivity contribution in [3.8, 4) is 0 Å². The third-order valence-corrected chi connectivity index (χ3v) is 6.03. The highest BCUT2D eigenvalue weighted by atomic mass is 32.2. The van der Waals surface area contributed by atoms with Crippen LogP contribution in [-0.2, 0) is 14.8 Å². The molecule has 2 aromatic rings. The Morgan fingerprint density at radius 3 is 2.64 bits per heavy atom. The van der Waals surface area contributed by atoms with Crippen LogP contribution in [0.1, 0.15) is 25.7 Å². The summed E-state index contributed by atoms with van der Waals surface area (Å²) in [6, 6.07) is 4.63. The molecule has 0 bridgehead atoms. The maximum atomic E-state index is 12.5. The van der Waals surface area contributed by atoms with E-state index in [1.807, 2.05) is 0 Å². The van der Waals surface area contributed by atoms with Crippen molar-refractivity contribution in [1.82, 2.24) is 13.5 Å². The molecule has 1 heterocycles. The van der Waals surface area contributed by atoms with E-state index >= 15 is 0 Å². The maximum Gasteiger partial charge on any atom is 0.306 e. The lowest BCUT2D eigenvalue weighted by atomic mass is 9.87. The van der Waals surface area contributed by atoms with Crippen molar-refractivity contribution in [3.05, 3.63) is 18.2 Å². The molecule has 0 amide bonds. The van der Waals surface area contributed by atoms with E-state index in [0.717, 1.165) is 11.7 Å². The second-order valence-electron chi connectivity index (χ2n) is 5.40. The van der Waals surface area contributed by atoms with Gasteiger partial charge in [0.15, 0.2) is 0 Å². The van der Waals surface area contributed by atoms with Gasteiger partial charge in [0, 0.05) is 6.04 Å². The minimum Gasteiger partial charge on any atom is -0.481 e. The normalized spacial score (nSPS) is 22.7. The van der Waals surface area contributed by atoms with Crippen LogP contribution in [0.3, 0.4) is 0 Å². The number of aliphatic carboxylic acids is 1. The summed E-state index contributed by atoms with van der Waals surface area (Å²) in [5.74, 6) is -1.17. The number of hydrogen-bond donors (Lipinski definition) is 2. The molecule has 0 spiro atoms. The first-order chi connectivity index (χ1) is 10.5. The first-order valence-corrected chi connectivity index (χ1v) is 9.15. The Balaban J connectivity index is 1.77. The van der Waals surface area contributed by atoms with E-state index < -0.39 is 16.0 Å². The third kappa shape index (κ3) is 2.96. The number of benzene rings is 1. The summed E-state index contributed by atoms with van der Waals surface area (Å²) in [6.45, 7) is 0. The predicted octanol–water partition coefficient (Wildman–Crippen LogP) is 1.61. The number of carboxylic acid groups (broad SMARTS) is 1. The van der Waals surface area contributed by atoms with Crippen molar-refractivity contribution in [2.24, 2.45) is 5.92 Å². The van der Waals surface area contributed by atoms with Crippen molar-refractivity contribution in [1.29, 1.82) is 0 Å². The van der Waals surface area contributed by atoms with E-state index in [1.54, 1.807) is 12.1 Å². The van der Waals surface area contributed by atoms with Gasteiger partial charge in [0.1, 0.15) is 15.9 Å². The number of hydrogen-bond acceptors (Lipinski definition) is 6. The lowest BCUT2D eigenvalue weighted by Gasteiger charge is -2.26. The molecule has 22 heavy (non-hydrogen) atoms. The zero-order valence-electron chi connectivity index (χ0n) is 11.6. The largest absolute Gasteiger partial charge is 0.481 e. The number of nitrogens with one attached hydrogen (secondary N) is 1. The van der Waals surface area contributed by atoms with Gasteiger partial charge in [-0.1, -0.05) is 6.07 Å². The van der Waals surface area contributed by atoms with E-state index in [0.29, 0.717) is 36.7 Å². The Bertz CT molecular complexity index is 794. The van der Waals surface area contributed by atoms with Crippen molar-refractivity contribution >= 4 is 38.8 Å². The van der Waals surface area contributed by atoms with Crippen molar-refractivity contribution < 1.29 is 18.3 Å². The monoisotopic (exact) mass is 341 g/mol. The van der Waals surface area contributed by atoms with Gasteiger partial charge in [-0.3, -0.25) is 4.79 Å². The van der Waals surface area contributed by atoms with Crippen LogP contribution in [0.25, 0.3) is 11.0 Å². The molecule has 0 unspecified atom stereocenters. The van der Waals surface area contributed by atoms with Crippen LogP contribution in [0, 0.1) is 5.92 Å². The third-order valence-electron chi connectivity index (χ3n) is 3.94. The molecule has 1 fully saturated rings. The van der Waals surface area contributed by atoms with E-state index in [-0.39, 0.29) is 16.9 Å². The summed E-state index contributed by atoms with van der Waals surface area (Å²) < 4.78 is 35.8. The molecule has 3 rings (SSSR count). The fraction of sp³-hybridized carbons (Fsp3) is 0.462. The maximum absolute atomic E-state index is 12.5. The van der Waals surface area contributed by atoms with Crippen LogP contribution in [0.2, 0.25) is 0 Å². The van der Waals surface area contributed by atoms with Gasteiger partial charge < -0.3 is 5.11 Å². The molecule has 0 aliphatic heterocycles. The molecule has 1 aliphatic rings. The van der Waals surface area contributed by atoms with Crippen LogP contribution >= 0.6 is 11.7 Å². The van der Waals surface area contributed by atoms with Crippen LogP contribution in [0.15, 0.2) is 23.1 Å². The smallest absolute Gasteiger partial charge is 0.306 e. The van der Waals surface area contributed by atoms with Crippen molar-refractivity contribution in [2.75, 3.05) is 0 Å². The molecule has 9 heteroatoms. The number of sulfonamides is 1. The Kier molecular flexibility index (Phi) is 4.11. The topological polar surface area (TPSA) is 109 Å². The quantitative estimate of drug-likeness (QED) is 0.874. The predicted molar refractivity (Wildman–Crippen MR) is 81.1 cm³/mol. The van der Waals surface area contributed by atoms with Crippen molar-refractivity contribution in [2.45, 2.75) is 36.6 Å². The Morgan fingerprint density at radius 2 is 1.95 bits per heavy atom. The molecule has 2 N–H and O–H groups in total. The lowest BCUT2D eigenvalue weighted by molar-refractivity contribution is -0.142.